The van der Waals surface area contributed by atoms with Crippen LogP contribution in [-0.4, -0.2) is 45.5 Å². The zero-order valence-electron chi connectivity index (χ0n) is 18.6. The second kappa shape index (κ2) is 11.1. The molecule has 0 aliphatic heterocycles. The van der Waals surface area contributed by atoms with E-state index in [1.54, 1.807) is 44.5 Å². The number of urea groups is 1. The van der Waals surface area contributed by atoms with E-state index >= 15 is 0 Å². The molecule has 1 atom stereocenters. The molecule has 0 aliphatic rings. The summed E-state index contributed by atoms with van der Waals surface area (Å²) >= 11 is 0. The van der Waals surface area contributed by atoms with Gasteiger partial charge in [-0.15, -0.1) is 0 Å². The number of hydrogen-bond acceptors (Lipinski definition) is 6. The van der Waals surface area contributed by atoms with Crippen molar-refractivity contribution in [1.29, 1.82) is 0 Å². The molecular weight excluding hydrogens is 458 g/mol. The van der Waals surface area contributed by atoms with Gasteiger partial charge >= 0.3 is 16.2 Å². The maximum atomic E-state index is 13.3. The first-order chi connectivity index (χ1) is 16.3. The molecule has 0 bridgehead atoms. The number of carbonyl (C=O) groups is 2. The van der Waals surface area contributed by atoms with Crippen LogP contribution in [0.2, 0.25) is 0 Å². The third kappa shape index (κ3) is 6.94. The Morgan fingerprint density at radius 2 is 1.74 bits per heavy atom. The summed E-state index contributed by atoms with van der Waals surface area (Å²) in [7, 11) is -1.14. The van der Waals surface area contributed by atoms with E-state index in [1.807, 2.05) is 35.1 Å². The molecule has 0 saturated carbocycles. The Morgan fingerprint density at radius 3 is 2.35 bits per heavy atom. The highest BCUT2D eigenvalue weighted by Gasteiger charge is 2.27. The predicted molar refractivity (Wildman–Crippen MR) is 129 cm³/mol. The van der Waals surface area contributed by atoms with E-state index in [1.165, 1.54) is 23.4 Å². The summed E-state index contributed by atoms with van der Waals surface area (Å²) < 4.78 is 33.8. The van der Waals surface area contributed by atoms with Crippen molar-refractivity contribution in [3.63, 3.8) is 0 Å². The molecule has 0 aliphatic carbocycles. The molecule has 0 spiro atoms. The fourth-order valence-corrected chi connectivity index (χ4v) is 3.92. The van der Waals surface area contributed by atoms with Crippen molar-refractivity contribution >= 4 is 33.5 Å². The largest absolute Gasteiger partial charge is 0.497 e. The summed E-state index contributed by atoms with van der Waals surface area (Å²) in [5.74, 6) is 0.205. The van der Waals surface area contributed by atoms with E-state index in [-0.39, 0.29) is 12.1 Å². The number of nitrogens with zero attached hydrogens (tertiary/aromatic N) is 2. The van der Waals surface area contributed by atoms with E-state index in [0.29, 0.717) is 11.4 Å². The molecule has 10 nitrogen and oxygen atoms in total. The molecule has 3 amide bonds. The zero-order valence-corrected chi connectivity index (χ0v) is 19.5. The van der Waals surface area contributed by atoms with Gasteiger partial charge in [0.05, 0.1) is 19.0 Å². The van der Waals surface area contributed by atoms with Crippen LogP contribution in [-0.2, 0) is 21.4 Å². The second-order valence-electron chi connectivity index (χ2n) is 7.26. The van der Waals surface area contributed by atoms with Gasteiger partial charge in [0.1, 0.15) is 11.8 Å². The highest BCUT2D eigenvalue weighted by molar-refractivity contribution is 7.91. The zero-order chi connectivity index (χ0) is 24.6. The molecule has 11 heteroatoms. The van der Waals surface area contributed by atoms with Gasteiger partial charge < -0.3 is 15.0 Å². The highest BCUT2D eigenvalue weighted by Crippen LogP contribution is 2.19. The molecule has 1 aromatic heterocycles. The highest BCUT2D eigenvalue weighted by atomic mass is 32.2. The summed E-state index contributed by atoms with van der Waals surface area (Å²) in [4.78, 5) is 31.0. The van der Waals surface area contributed by atoms with Gasteiger partial charge in [-0.1, -0.05) is 30.3 Å². The summed E-state index contributed by atoms with van der Waals surface area (Å²) in [6.45, 7) is 0. The number of pyridine rings is 1. The lowest BCUT2D eigenvalue weighted by molar-refractivity contribution is -0.120. The topological polar surface area (TPSA) is 130 Å². The van der Waals surface area contributed by atoms with Crippen LogP contribution in [0.15, 0.2) is 79.1 Å². The molecule has 3 rings (SSSR count). The molecule has 1 heterocycles. The molecule has 3 N–H and O–H groups in total. The third-order valence-electron chi connectivity index (χ3n) is 4.82. The van der Waals surface area contributed by atoms with Crippen LogP contribution >= 0.6 is 0 Å². The van der Waals surface area contributed by atoms with Crippen LogP contribution in [0.25, 0.3) is 0 Å². The SMILES string of the molecule is COc1ccc(N(C)C(=O)[C@H](Cc2ccccc2)NC(=O)NS(=O)(=O)Nc2cccnc2)cc1. The van der Waals surface area contributed by atoms with Crippen molar-refractivity contribution in [3.05, 3.63) is 84.7 Å². The van der Waals surface area contributed by atoms with Crippen LogP contribution in [0.1, 0.15) is 5.56 Å². The molecule has 0 saturated heterocycles. The molecular formula is C23H25N5O5S. The van der Waals surface area contributed by atoms with Gasteiger partial charge in [0.2, 0.25) is 5.91 Å². The predicted octanol–water partition coefficient (Wildman–Crippen LogP) is 2.32. The quantitative estimate of drug-likeness (QED) is 0.428. The number of ether oxygens (including phenoxy) is 1. The average molecular weight is 484 g/mol. The van der Waals surface area contributed by atoms with Crippen molar-refractivity contribution in [1.82, 2.24) is 15.0 Å². The van der Waals surface area contributed by atoms with Crippen LogP contribution in [0.3, 0.4) is 0 Å². The maximum Gasteiger partial charge on any atom is 0.330 e. The lowest BCUT2D eigenvalue weighted by Crippen LogP contribution is -2.53. The van der Waals surface area contributed by atoms with E-state index in [9.17, 15) is 18.0 Å². The first-order valence-corrected chi connectivity index (χ1v) is 11.7. The molecule has 0 radical (unpaired) electrons. The number of nitrogens with one attached hydrogen (secondary N) is 3. The molecule has 34 heavy (non-hydrogen) atoms. The number of hydrogen-bond donors (Lipinski definition) is 3. The fraction of sp³-hybridized carbons (Fsp3) is 0.174. The lowest BCUT2D eigenvalue weighted by Gasteiger charge is -2.25. The smallest absolute Gasteiger partial charge is 0.330 e. The van der Waals surface area contributed by atoms with Gasteiger partial charge in [-0.05, 0) is 42.0 Å². The Labute approximate surface area is 198 Å². The summed E-state index contributed by atoms with van der Waals surface area (Å²) in [5, 5.41) is 2.48. The molecule has 178 valence electrons. The standard InChI is InChI=1S/C23H25N5O5S/c1-28(19-10-12-20(33-2)13-11-19)22(29)21(15-17-7-4-3-5-8-17)25-23(30)27-34(31,32)26-18-9-6-14-24-16-18/h3-14,16,21,26H,15H2,1-2H3,(H2,25,27,30)/t21-/m0/s1. The minimum Gasteiger partial charge on any atom is -0.497 e. The van der Waals surface area contributed by atoms with Crippen molar-refractivity contribution in [3.8, 4) is 5.75 Å². The van der Waals surface area contributed by atoms with Gasteiger partial charge in [0.15, 0.2) is 0 Å². The Bertz CT molecular complexity index is 1210. The van der Waals surface area contributed by atoms with Crippen molar-refractivity contribution in [2.45, 2.75) is 12.5 Å². The van der Waals surface area contributed by atoms with E-state index in [4.69, 9.17) is 4.74 Å². The summed E-state index contributed by atoms with van der Waals surface area (Å²) in [5.41, 5.74) is 1.55. The number of aromatic nitrogens is 1. The Kier molecular flexibility index (Phi) is 8.04. The van der Waals surface area contributed by atoms with Crippen LogP contribution in [0, 0.1) is 0 Å². The Hall–Kier alpha value is -4.12. The minimum absolute atomic E-state index is 0.156. The Balaban J connectivity index is 1.75. The monoisotopic (exact) mass is 483 g/mol. The molecule has 0 fully saturated rings. The number of carbonyl (C=O) groups excluding carboxylic acids is 2. The van der Waals surface area contributed by atoms with Crippen LogP contribution in [0.5, 0.6) is 5.75 Å². The Morgan fingerprint density at radius 1 is 1.03 bits per heavy atom. The van der Waals surface area contributed by atoms with Gasteiger partial charge in [-0.2, -0.15) is 8.42 Å². The average Bonchev–Trinajstić information content (AvgIpc) is 2.83. The molecule has 0 unspecified atom stereocenters. The number of anilines is 2. The fourth-order valence-electron chi connectivity index (χ4n) is 3.13. The summed E-state index contributed by atoms with van der Waals surface area (Å²) in [6, 6.07) is 16.9. The molecule has 2 aromatic carbocycles. The van der Waals surface area contributed by atoms with Crippen molar-refractivity contribution in [2.24, 2.45) is 0 Å². The lowest BCUT2D eigenvalue weighted by atomic mass is 10.0. The number of benzene rings is 2. The first-order valence-electron chi connectivity index (χ1n) is 10.2. The number of likely N-dealkylation sites (N-methyl/N-ethyl adjacent to an activating group) is 1. The second-order valence-corrected chi connectivity index (χ2v) is 8.68. The van der Waals surface area contributed by atoms with Crippen molar-refractivity contribution < 1.29 is 22.7 Å². The number of amides is 3. The summed E-state index contributed by atoms with van der Waals surface area (Å²) in [6.07, 6.45) is 2.93. The van der Waals surface area contributed by atoms with Crippen LogP contribution in [0.4, 0.5) is 16.2 Å². The van der Waals surface area contributed by atoms with Crippen LogP contribution < -0.4 is 24.4 Å². The van der Waals surface area contributed by atoms with E-state index in [2.05, 4.69) is 15.0 Å². The first kappa shape index (κ1) is 24.5. The van der Waals surface area contributed by atoms with Crippen molar-refractivity contribution in [2.75, 3.05) is 23.8 Å². The molecule has 3 aromatic rings. The number of methoxy groups -OCH3 is 1. The normalized spacial score (nSPS) is 11.7. The van der Waals surface area contributed by atoms with Gasteiger partial charge in [-0.25, -0.2) is 9.52 Å². The van der Waals surface area contributed by atoms with Gasteiger partial charge in [0, 0.05) is 25.4 Å². The van der Waals surface area contributed by atoms with Gasteiger partial charge in [-0.3, -0.25) is 14.5 Å². The van der Waals surface area contributed by atoms with E-state index in [0.717, 1.165) is 5.56 Å². The number of rotatable bonds is 9. The minimum atomic E-state index is -4.25. The third-order valence-corrected chi connectivity index (χ3v) is 5.78. The van der Waals surface area contributed by atoms with E-state index < -0.39 is 28.2 Å². The van der Waals surface area contributed by atoms with Gasteiger partial charge in [0.25, 0.3) is 0 Å². The maximum absolute atomic E-state index is 13.3.